The van der Waals surface area contributed by atoms with Crippen molar-refractivity contribution < 1.29 is 14.3 Å². The van der Waals surface area contributed by atoms with Gasteiger partial charge in [-0.15, -0.1) is 22.7 Å². The van der Waals surface area contributed by atoms with Crippen LogP contribution in [0.1, 0.15) is 0 Å². The molecular weight excluding hydrogens is 436 g/mol. The number of thiazole rings is 2. The van der Waals surface area contributed by atoms with Gasteiger partial charge < -0.3 is 4.74 Å². The van der Waals surface area contributed by atoms with E-state index in [0.717, 1.165) is 11.4 Å². The fourth-order valence-electron chi connectivity index (χ4n) is 2.47. The molecule has 2 amide bonds. The average Bonchev–Trinajstić information content (AvgIpc) is 3.45. The first-order valence-electron chi connectivity index (χ1n) is 9.09. The summed E-state index contributed by atoms with van der Waals surface area (Å²) in [6.07, 6.45) is 3.35. The van der Waals surface area contributed by atoms with Crippen LogP contribution in [0.5, 0.6) is 0 Å². The van der Waals surface area contributed by atoms with Crippen molar-refractivity contribution in [1.82, 2.24) is 19.9 Å². The molecule has 4 aromatic rings. The monoisotopic (exact) mass is 452 g/mol. The molecule has 0 fully saturated rings. The Morgan fingerprint density at radius 3 is 1.65 bits per heavy atom. The number of amides is 2. The molecule has 0 saturated heterocycles. The van der Waals surface area contributed by atoms with Gasteiger partial charge in [-0.3, -0.25) is 30.2 Å². The Kier molecular flexibility index (Phi) is 6.67. The highest BCUT2D eigenvalue weighted by molar-refractivity contribution is 7.14. The first-order valence-corrected chi connectivity index (χ1v) is 10.8. The number of rotatable bonds is 8. The Hall–Kier alpha value is -3.54. The molecule has 0 bridgehead atoms. The van der Waals surface area contributed by atoms with E-state index in [4.69, 9.17) is 4.74 Å². The van der Waals surface area contributed by atoms with Crippen molar-refractivity contribution in [1.29, 1.82) is 0 Å². The molecule has 4 heterocycles. The zero-order valence-corrected chi connectivity index (χ0v) is 17.7. The number of ether oxygens (including phenoxy) is 1. The second-order valence-corrected chi connectivity index (χ2v) is 7.81. The number of carbonyl (C=O) groups excluding carboxylic acids is 2. The van der Waals surface area contributed by atoms with Crippen LogP contribution in [-0.2, 0) is 14.3 Å². The Labute approximate surface area is 185 Å². The molecule has 4 rings (SSSR count). The zero-order valence-electron chi connectivity index (χ0n) is 16.0. The average molecular weight is 453 g/mol. The lowest BCUT2D eigenvalue weighted by Gasteiger charge is -2.04. The second kappa shape index (κ2) is 9.98. The van der Waals surface area contributed by atoms with Crippen LogP contribution in [0.15, 0.2) is 59.6 Å². The lowest BCUT2D eigenvalue weighted by molar-refractivity contribution is -0.125. The molecule has 0 saturated carbocycles. The number of nitrogens with zero attached hydrogens (tertiary/aromatic N) is 4. The van der Waals surface area contributed by atoms with Crippen molar-refractivity contribution in [3.05, 3.63) is 59.6 Å². The standard InChI is InChI=1S/C20H16N6O3S2/c27-17(25-19-23-15(11-30-19)13-5-1-3-7-21-13)9-29-10-18(28)26-20-24-16(12-31-20)14-6-2-4-8-22-14/h1-8,11-12H,9-10H2,(H,23,25,27)(H,24,26,28). The van der Waals surface area contributed by atoms with Gasteiger partial charge in [-0.1, -0.05) is 12.1 Å². The normalized spacial score (nSPS) is 10.6. The molecule has 0 spiro atoms. The number of hydrogen-bond acceptors (Lipinski definition) is 9. The maximum absolute atomic E-state index is 12.0. The van der Waals surface area contributed by atoms with Crippen molar-refractivity contribution in [3.8, 4) is 22.8 Å². The van der Waals surface area contributed by atoms with Gasteiger partial charge in [0.05, 0.1) is 11.4 Å². The predicted molar refractivity (Wildman–Crippen MR) is 119 cm³/mol. The third-order valence-electron chi connectivity index (χ3n) is 3.82. The largest absolute Gasteiger partial charge is 0.362 e. The maximum atomic E-state index is 12.0. The van der Waals surface area contributed by atoms with E-state index in [1.165, 1.54) is 22.7 Å². The van der Waals surface area contributed by atoms with Crippen molar-refractivity contribution in [2.75, 3.05) is 23.8 Å². The fraction of sp³-hybridized carbons (Fsp3) is 0.100. The molecular formula is C20H16N6O3S2. The highest BCUT2D eigenvalue weighted by Crippen LogP contribution is 2.24. The summed E-state index contributed by atoms with van der Waals surface area (Å²) in [5.41, 5.74) is 2.80. The second-order valence-electron chi connectivity index (χ2n) is 6.09. The Morgan fingerprint density at radius 2 is 1.23 bits per heavy atom. The third kappa shape index (κ3) is 5.75. The van der Waals surface area contributed by atoms with Crippen LogP contribution in [0.4, 0.5) is 10.3 Å². The molecule has 0 aliphatic rings. The molecule has 0 aromatic carbocycles. The molecule has 0 radical (unpaired) electrons. The van der Waals surface area contributed by atoms with Crippen LogP contribution in [0.25, 0.3) is 22.8 Å². The SMILES string of the molecule is O=C(COCC(=O)Nc1nc(-c2ccccn2)cs1)Nc1nc(-c2ccccn2)cs1. The minimum absolute atomic E-state index is 0.275. The van der Waals surface area contributed by atoms with E-state index in [1.807, 2.05) is 36.4 Å². The smallest absolute Gasteiger partial charge is 0.252 e. The summed E-state index contributed by atoms with van der Waals surface area (Å²) in [5.74, 6) is -0.803. The lowest BCUT2D eigenvalue weighted by Crippen LogP contribution is -2.23. The van der Waals surface area contributed by atoms with Crippen LogP contribution in [0, 0.1) is 0 Å². The van der Waals surface area contributed by atoms with E-state index in [0.29, 0.717) is 21.7 Å². The highest BCUT2D eigenvalue weighted by atomic mass is 32.1. The van der Waals surface area contributed by atoms with Crippen LogP contribution >= 0.6 is 22.7 Å². The Morgan fingerprint density at radius 1 is 0.742 bits per heavy atom. The minimum Gasteiger partial charge on any atom is -0.362 e. The maximum Gasteiger partial charge on any atom is 0.252 e. The van der Waals surface area contributed by atoms with E-state index >= 15 is 0 Å². The van der Waals surface area contributed by atoms with Gasteiger partial charge in [-0.05, 0) is 24.3 Å². The summed E-state index contributed by atoms with van der Waals surface area (Å²) in [6, 6.07) is 11.0. The van der Waals surface area contributed by atoms with E-state index in [9.17, 15) is 9.59 Å². The van der Waals surface area contributed by atoms with Gasteiger partial charge in [-0.2, -0.15) is 0 Å². The molecule has 0 aliphatic heterocycles. The van der Waals surface area contributed by atoms with Gasteiger partial charge in [0.15, 0.2) is 10.3 Å². The van der Waals surface area contributed by atoms with Crippen molar-refractivity contribution in [3.63, 3.8) is 0 Å². The number of anilines is 2. The zero-order chi connectivity index (χ0) is 21.5. The van der Waals surface area contributed by atoms with Gasteiger partial charge in [0, 0.05) is 23.2 Å². The molecule has 2 N–H and O–H groups in total. The number of pyridine rings is 2. The summed E-state index contributed by atoms with van der Waals surface area (Å²) in [6.45, 7) is -0.550. The van der Waals surface area contributed by atoms with Crippen molar-refractivity contribution in [2.24, 2.45) is 0 Å². The molecule has 11 heteroatoms. The van der Waals surface area contributed by atoms with Gasteiger partial charge in [-0.25, -0.2) is 9.97 Å². The first kappa shape index (κ1) is 20.7. The van der Waals surface area contributed by atoms with Gasteiger partial charge >= 0.3 is 0 Å². The van der Waals surface area contributed by atoms with Gasteiger partial charge in [0.25, 0.3) is 11.8 Å². The number of carbonyl (C=O) groups is 2. The summed E-state index contributed by atoms with van der Waals surface area (Å²) in [7, 11) is 0. The highest BCUT2D eigenvalue weighted by Gasteiger charge is 2.12. The summed E-state index contributed by atoms with van der Waals surface area (Å²) < 4.78 is 5.19. The molecule has 156 valence electrons. The quantitative estimate of drug-likeness (QED) is 0.421. The van der Waals surface area contributed by atoms with Crippen molar-refractivity contribution >= 4 is 44.8 Å². The number of nitrogens with one attached hydrogen (secondary N) is 2. The number of aromatic nitrogens is 4. The Bertz CT molecular complexity index is 1070. The molecule has 4 aromatic heterocycles. The molecule has 0 aliphatic carbocycles. The van der Waals surface area contributed by atoms with E-state index in [2.05, 4.69) is 30.6 Å². The van der Waals surface area contributed by atoms with Gasteiger partial charge in [0.2, 0.25) is 0 Å². The molecule has 0 unspecified atom stereocenters. The fourth-order valence-corrected chi connectivity index (χ4v) is 3.91. The third-order valence-corrected chi connectivity index (χ3v) is 5.34. The first-order chi connectivity index (χ1) is 15.2. The van der Waals surface area contributed by atoms with E-state index in [1.54, 1.807) is 23.2 Å². The molecule has 0 atom stereocenters. The Balaban J connectivity index is 1.21. The minimum atomic E-state index is -0.401. The lowest BCUT2D eigenvalue weighted by atomic mass is 10.3. The van der Waals surface area contributed by atoms with E-state index < -0.39 is 11.8 Å². The number of hydrogen-bond donors (Lipinski definition) is 2. The summed E-state index contributed by atoms with van der Waals surface area (Å²) in [5, 5.41) is 9.77. The van der Waals surface area contributed by atoms with Crippen LogP contribution in [0.3, 0.4) is 0 Å². The summed E-state index contributed by atoms with van der Waals surface area (Å²) >= 11 is 2.57. The van der Waals surface area contributed by atoms with Crippen LogP contribution in [-0.4, -0.2) is 45.0 Å². The van der Waals surface area contributed by atoms with Crippen LogP contribution in [0.2, 0.25) is 0 Å². The van der Waals surface area contributed by atoms with Crippen molar-refractivity contribution in [2.45, 2.75) is 0 Å². The topological polar surface area (TPSA) is 119 Å². The summed E-state index contributed by atoms with van der Waals surface area (Å²) in [4.78, 5) is 41.1. The van der Waals surface area contributed by atoms with Gasteiger partial charge in [0.1, 0.15) is 24.6 Å². The van der Waals surface area contributed by atoms with Crippen LogP contribution < -0.4 is 10.6 Å². The molecule has 31 heavy (non-hydrogen) atoms. The van der Waals surface area contributed by atoms with E-state index in [-0.39, 0.29) is 13.2 Å². The molecule has 9 nitrogen and oxygen atoms in total. The predicted octanol–water partition coefficient (Wildman–Crippen LogP) is 3.32.